The zero-order chi connectivity index (χ0) is 21.2. The van der Waals surface area contributed by atoms with Crippen molar-refractivity contribution < 1.29 is 9.47 Å². The van der Waals surface area contributed by atoms with Crippen molar-refractivity contribution in [3.05, 3.63) is 40.7 Å². The van der Waals surface area contributed by atoms with Crippen LogP contribution in [0.1, 0.15) is 43.3 Å². The van der Waals surface area contributed by atoms with Gasteiger partial charge in [-0.1, -0.05) is 19.9 Å². The second kappa shape index (κ2) is 13.4. The molecule has 2 N–H and O–H groups in total. The maximum Gasteiger partial charge on any atom is 0.191 e. The molecule has 2 rings (SSSR count). The molecule has 0 spiro atoms. The fourth-order valence-corrected chi connectivity index (χ4v) is 3.43. The van der Waals surface area contributed by atoms with E-state index in [1.54, 1.807) is 14.2 Å². The van der Waals surface area contributed by atoms with E-state index < -0.39 is 0 Å². The molecule has 0 saturated heterocycles. The van der Waals surface area contributed by atoms with Crippen molar-refractivity contribution >= 4 is 29.9 Å². The lowest BCUT2D eigenvalue weighted by atomic mass is 10.1. The Bertz CT molecular complexity index is 820. The molecule has 0 atom stereocenters. The van der Waals surface area contributed by atoms with Crippen LogP contribution >= 0.6 is 24.0 Å². The van der Waals surface area contributed by atoms with Crippen LogP contribution in [0.3, 0.4) is 0 Å². The maximum atomic E-state index is 5.39. The largest absolute Gasteiger partial charge is 0.493 e. The Morgan fingerprint density at radius 1 is 1.07 bits per heavy atom. The Labute approximate surface area is 197 Å². The predicted octanol–water partition coefficient (Wildman–Crippen LogP) is 3.48. The minimum Gasteiger partial charge on any atom is -0.493 e. The van der Waals surface area contributed by atoms with Gasteiger partial charge in [-0.25, -0.2) is 4.99 Å². The number of hydrogen-bond donors (Lipinski definition) is 2. The van der Waals surface area contributed by atoms with Crippen molar-refractivity contribution in [3.63, 3.8) is 0 Å². The molecule has 1 aromatic heterocycles. The zero-order valence-electron chi connectivity index (χ0n) is 19.0. The summed E-state index contributed by atoms with van der Waals surface area (Å²) in [4.78, 5) is 4.80. The van der Waals surface area contributed by atoms with Crippen LogP contribution in [0.5, 0.6) is 11.5 Å². The molecule has 2 aromatic rings. The fourth-order valence-electron chi connectivity index (χ4n) is 3.43. The molecule has 0 saturated carbocycles. The van der Waals surface area contributed by atoms with Crippen LogP contribution in [0, 0.1) is 0 Å². The third-order valence-electron chi connectivity index (χ3n) is 4.92. The van der Waals surface area contributed by atoms with Crippen molar-refractivity contribution in [1.29, 1.82) is 0 Å². The monoisotopic (exact) mass is 529 g/mol. The minimum atomic E-state index is 0. The lowest BCUT2D eigenvalue weighted by Crippen LogP contribution is -2.38. The van der Waals surface area contributed by atoms with Crippen LogP contribution in [-0.2, 0) is 32.9 Å². The van der Waals surface area contributed by atoms with E-state index in [1.165, 1.54) is 16.8 Å². The number of nitrogens with one attached hydrogen (secondary N) is 2. The van der Waals surface area contributed by atoms with Crippen LogP contribution in [0.15, 0.2) is 23.2 Å². The van der Waals surface area contributed by atoms with Crippen molar-refractivity contribution in [2.24, 2.45) is 12.0 Å². The van der Waals surface area contributed by atoms with Crippen molar-refractivity contribution in [2.45, 2.75) is 46.6 Å². The number of hydrogen-bond acceptors (Lipinski definition) is 4. The molecule has 1 aromatic carbocycles. The Balaban J connectivity index is 0.00000450. The number of ether oxygens (including phenoxy) is 2. The summed E-state index contributed by atoms with van der Waals surface area (Å²) in [6, 6.07) is 6.01. The smallest absolute Gasteiger partial charge is 0.191 e. The molecule has 0 amide bonds. The summed E-state index contributed by atoms with van der Waals surface area (Å²) in [7, 11) is 5.32. The summed E-state index contributed by atoms with van der Waals surface area (Å²) in [5.74, 6) is 2.32. The first-order valence-corrected chi connectivity index (χ1v) is 10.3. The van der Waals surface area contributed by atoms with Gasteiger partial charge in [0.05, 0.1) is 26.5 Å². The molecule has 0 bridgehead atoms. The van der Waals surface area contributed by atoms with Gasteiger partial charge in [0.2, 0.25) is 0 Å². The number of aryl methyl sites for hydroxylation is 2. The molecule has 0 unspecified atom stereocenters. The fraction of sp³-hybridized carbons (Fsp3) is 0.545. The van der Waals surface area contributed by atoms with E-state index in [9.17, 15) is 0 Å². The number of halogens is 1. The summed E-state index contributed by atoms with van der Waals surface area (Å²) >= 11 is 0. The van der Waals surface area contributed by atoms with E-state index in [0.717, 1.165) is 55.5 Å². The molecule has 7 nitrogen and oxygen atoms in total. The maximum absolute atomic E-state index is 5.39. The minimum absolute atomic E-state index is 0. The molecule has 0 aliphatic carbocycles. The molecule has 0 aliphatic heterocycles. The van der Waals surface area contributed by atoms with E-state index in [1.807, 2.05) is 23.9 Å². The van der Waals surface area contributed by atoms with Crippen molar-refractivity contribution in [1.82, 2.24) is 20.4 Å². The van der Waals surface area contributed by atoms with Gasteiger partial charge in [-0.3, -0.25) is 4.68 Å². The Kier molecular flexibility index (Phi) is 11.6. The molecule has 30 heavy (non-hydrogen) atoms. The number of benzene rings is 1. The lowest BCUT2D eigenvalue weighted by Gasteiger charge is -2.13. The van der Waals surface area contributed by atoms with E-state index in [4.69, 9.17) is 14.5 Å². The molecule has 168 valence electrons. The Morgan fingerprint density at radius 3 is 2.40 bits per heavy atom. The predicted molar refractivity (Wildman–Crippen MR) is 133 cm³/mol. The van der Waals surface area contributed by atoms with Crippen LogP contribution in [0.25, 0.3) is 0 Å². The first-order chi connectivity index (χ1) is 14.1. The second-order valence-electron chi connectivity index (χ2n) is 6.76. The van der Waals surface area contributed by atoms with E-state index in [0.29, 0.717) is 6.54 Å². The first kappa shape index (κ1) is 26.1. The number of nitrogens with zero attached hydrogens (tertiary/aromatic N) is 3. The average molecular weight is 529 g/mol. The highest BCUT2D eigenvalue weighted by molar-refractivity contribution is 14.0. The van der Waals surface area contributed by atoms with Gasteiger partial charge in [0.25, 0.3) is 0 Å². The lowest BCUT2D eigenvalue weighted by molar-refractivity contribution is 0.354. The van der Waals surface area contributed by atoms with Gasteiger partial charge in [0, 0.05) is 31.4 Å². The first-order valence-electron chi connectivity index (χ1n) is 10.3. The molecule has 8 heteroatoms. The van der Waals surface area contributed by atoms with Gasteiger partial charge in [0.15, 0.2) is 17.5 Å². The van der Waals surface area contributed by atoms with Gasteiger partial charge in [-0.15, -0.1) is 24.0 Å². The van der Waals surface area contributed by atoms with Gasteiger partial charge in [0.1, 0.15) is 0 Å². The molecule has 0 radical (unpaired) electrons. The van der Waals surface area contributed by atoms with Gasteiger partial charge in [-0.05, 0) is 43.9 Å². The van der Waals surface area contributed by atoms with Crippen LogP contribution in [0.2, 0.25) is 0 Å². The third-order valence-corrected chi connectivity index (χ3v) is 4.92. The van der Waals surface area contributed by atoms with Crippen LogP contribution in [-0.4, -0.2) is 43.0 Å². The van der Waals surface area contributed by atoms with E-state index in [2.05, 4.69) is 42.6 Å². The van der Waals surface area contributed by atoms with Crippen molar-refractivity contribution in [3.8, 4) is 11.5 Å². The zero-order valence-corrected chi connectivity index (χ0v) is 21.4. The second-order valence-corrected chi connectivity index (χ2v) is 6.76. The topological polar surface area (TPSA) is 72.7 Å². The summed E-state index contributed by atoms with van der Waals surface area (Å²) in [6.45, 7) is 8.60. The number of methoxy groups -OCH3 is 2. The summed E-state index contributed by atoms with van der Waals surface area (Å²) in [6.07, 6.45) is 2.73. The normalized spacial score (nSPS) is 11.1. The van der Waals surface area contributed by atoms with E-state index >= 15 is 0 Å². The molecular weight excluding hydrogens is 493 g/mol. The number of rotatable bonds is 10. The van der Waals surface area contributed by atoms with Crippen molar-refractivity contribution in [2.75, 3.05) is 27.3 Å². The van der Waals surface area contributed by atoms with Crippen LogP contribution < -0.4 is 20.1 Å². The number of aromatic nitrogens is 2. The Morgan fingerprint density at radius 2 is 1.80 bits per heavy atom. The molecule has 1 heterocycles. The summed E-state index contributed by atoms with van der Waals surface area (Å²) < 4.78 is 12.7. The van der Waals surface area contributed by atoms with E-state index in [-0.39, 0.29) is 24.0 Å². The summed E-state index contributed by atoms with van der Waals surface area (Å²) in [5, 5.41) is 11.4. The molecule has 0 aliphatic rings. The average Bonchev–Trinajstić information content (AvgIpc) is 3.06. The van der Waals surface area contributed by atoms with Gasteiger partial charge >= 0.3 is 0 Å². The highest BCUT2D eigenvalue weighted by Gasteiger charge is 2.13. The number of aliphatic imine (C=N–C) groups is 1. The quantitative estimate of drug-likeness (QED) is 0.280. The number of guanidine groups is 1. The molecule has 0 fully saturated rings. The third kappa shape index (κ3) is 6.78. The standard InChI is InChI=1S/C22H35N5O2.HI/c1-7-18-17(19(8-2)27(4)26-18)15-25-22(23-9-3)24-13-12-16-10-11-20(28-5)21(14-16)29-6;/h10-11,14H,7-9,12-13,15H2,1-6H3,(H2,23,24,25);1H. The van der Waals surface area contributed by atoms with Crippen LogP contribution in [0.4, 0.5) is 0 Å². The van der Waals surface area contributed by atoms with Gasteiger partial charge < -0.3 is 20.1 Å². The summed E-state index contributed by atoms with van der Waals surface area (Å²) in [5.41, 5.74) is 4.82. The SMILES string of the molecule is CCNC(=NCc1c(CC)nn(C)c1CC)NCCc1ccc(OC)c(OC)c1.I. The highest BCUT2D eigenvalue weighted by atomic mass is 127. The Hall–Kier alpha value is -1.97. The molecular formula is C22H36IN5O2. The van der Waals surface area contributed by atoms with Gasteiger partial charge in [-0.2, -0.15) is 5.10 Å². The highest BCUT2D eigenvalue weighted by Crippen LogP contribution is 2.27.